The molecule has 0 amide bonds. The van der Waals surface area contributed by atoms with Crippen LogP contribution in [0.4, 0.5) is 5.82 Å². The number of hydrogen-bond acceptors (Lipinski definition) is 4. The van der Waals surface area contributed by atoms with Crippen LogP contribution in [0.1, 0.15) is 12.8 Å². The Kier molecular flexibility index (Phi) is 3.38. The van der Waals surface area contributed by atoms with Gasteiger partial charge in [-0.15, -0.1) is 0 Å². The maximum atomic E-state index is 5.74. The second-order valence-electron chi connectivity index (χ2n) is 3.88. The molecule has 1 aromatic heterocycles. The molecule has 0 aromatic carbocycles. The molecule has 1 N–H and O–H groups in total. The third-order valence-electron chi connectivity index (χ3n) is 2.80. The topological polar surface area (TPSA) is 41.0 Å². The van der Waals surface area contributed by atoms with E-state index in [9.17, 15) is 0 Å². The van der Waals surface area contributed by atoms with Gasteiger partial charge >= 0.3 is 0 Å². The van der Waals surface area contributed by atoms with Crippen molar-refractivity contribution in [3.63, 3.8) is 0 Å². The molecule has 82 valence electrons. The SMILES string of the molecule is CN1CCCC1CNc1cncc(Cl)n1. The molecule has 0 aliphatic carbocycles. The summed E-state index contributed by atoms with van der Waals surface area (Å²) in [6, 6.07) is 0.603. The summed E-state index contributed by atoms with van der Waals surface area (Å²) in [6.07, 6.45) is 5.76. The van der Waals surface area contributed by atoms with Crippen LogP contribution in [0.25, 0.3) is 0 Å². The zero-order chi connectivity index (χ0) is 10.7. The fourth-order valence-corrected chi connectivity index (χ4v) is 2.03. The Morgan fingerprint density at radius 3 is 3.13 bits per heavy atom. The molecule has 1 unspecified atom stereocenters. The number of likely N-dealkylation sites (tertiary alicyclic amines) is 1. The van der Waals surface area contributed by atoms with Crippen LogP contribution in [-0.4, -0.2) is 41.0 Å². The zero-order valence-corrected chi connectivity index (χ0v) is 9.54. The predicted octanol–water partition coefficient (Wildman–Crippen LogP) is 1.64. The highest BCUT2D eigenvalue weighted by Crippen LogP contribution is 2.15. The molecule has 0 radical (unpaired) electrons. The smallest absolute Gasteiger partial charge is 0.149 e. The minimum absolute atomic E-state index is 0.430. The van der Waals surface area contributed by atoms with Crippen molar-refractivity contribution in [2.24, 2.45) is 0 Å². The molecule has 0 spiro atoms. The minimum Gasteiger partial charge on any atom is -0.367 e. The van der Waals surface area contributed by atoms with Gasteiger partial charge in [0.2, 0.25) is 0 Å². The van der Waals surface area contributed by atoms with E-state index in [4.69, 9.17) is 11.6 Å². The normalized spacial score (nSPS) is 21.9. The summed E-state index contributed by atoms with van der Waals surface area (Å²) in [5.41, 5.74) is 0. The standard InChI is InChI=1S/C10H15ClN4/c1-15-4-2-3-8(15)5-13-10-7-12-6-9(11)14-10/h6-8H,2-5H2,1H3,(H,13,14). The monoisotopic (exact) mass is 226 g/mol. The second-order valence-corrected chi connectivity index (χ2v) is 4.27. The van der Waals surface area contributed by atoms with Crippen LogP contribution < -0.4 is 5.32 Å². The lowest BCUT2D eigenvalue weighted by Crippen LogP contribution is -2.31. The number of halogens is 1. The largest absolute Gasteiger partial charge is 0.367 e. The number of nitrogens with one attached hydrogen (secondary N) is 1. The summed E-state index contributed by atoms with van der Waals surface area (Å²) in [5, 5.41) is 3.69. The average molecular weight is 227 g/mol. The molecule has 1 atom stereocenters. The Hall–Kier alpha value is -0.870. The maximum absolute atomic E-state index is 5.74. The summed E-state index contributed by atoms with van der Waals surface area (Å²) in [5.74, 6) is 0.753. The van der Waals surface area contributed by atoms with Crippen LogP contribution in [0.5, 0.6) is 0 Å². The van der Waals surface area contributed by atoms with Crippen LogP contribution in [0, 0.1) is 0 Å². The first-order valence-electron chi connectivity index (χ1n) is 5.17. The third kappa shape index (κ3) is 2.79. The first kappa shape index (κ1) is 10.6. The summed E-state index contributed by atoms with van der Waals surface area (Å²) < 4.78 is 0. The first-order valence-corrected chi connectivity index (χ1v) is 5.55. The Bertz CT molecular complexity index is 331. The highest BCUT2D eigenvalue weighted by molar-refractivity contribution is 6.29. The Balaban J connectivity index is 1.87. The number of nitrogens with zero attached hydrogens (tertiary/aromatic N) is 3. The van der Waals surface area contributed by atoms with Gasteiger partial charge in [-0.1, -0.05) is 11.6 Å². The van der Waals surface area contributed by atoms with Crippen LogP contribution in [0.3, 0.4) is 0 Å². The van der Waals surface area contributed by atoms with E-state index in [1.807, 2.05) is 0 Å². The summed E-state index contributed by atoms with van der Waals surface area (Å²) in [6.45, 7) is 2.10. The van der Waals surface area contributed by atoms with Crippen molar-refractivity contribution in [2.75, 3.05) is 25.5 Å². The predicted molar refractivity (Wildman–Crippen MR) is 61.2 cm³/mol. The van der Waals surface area contributed by atoms with Crippen LogP contribution in [-0.2, 0) is 0 Å². The van der Waals surface area contributed by atoms with Crippen LogP contribution >= 0.6 is 11.6 Å². The van der Waals surface area contributed by atoms with Gasteiger partial charge in [-0.2, -0.15) is 0 Å². The lowest BCUT2D eigenvalue weighted by molar-refractivity contribution is 0.322. The number of aromatic nitrogens is 2. The molecule has 0 saturated carbocycles. The van der Waals surface area contributed by atoms with Crippen molar-refractivity contribution in [2.45, 2.75) is 18.9 Å². The van der Waals surface area contributed by atoms with Gasteiger partial charge < -0.3 is 10.2 Å². The summed E-state index contributed by atoms with van der Waals surface area (Å²) in [4.78, 5) is 10.5. The molecule has 1 aliphatic rings. The highest BCUT2D eigenvalue weighted by Gasteiger charge is 2.20. The van der Waals surface area contributed by atoms with E-state index >= 15 is 0 Å². The molecule has 1 aromatic rings. The van der Waals surface area contributed by atoms with Gasteiger partial charge in [-0.25, -0.2) is 4.98 Å². The second kappa shape index (κ2) is 4.77. The van der Waals surface area contributed by atoms with Crippen molar-refractivity contribution in [1.29, 1.82) is 0 Å². The fraction of sp³-hybridized carbons (Fsp3) is 0.600. The zero-order valence-electron chi connectivity index (χ0n) is 8.78. The number of anilines is 1. The van der Waals surface area contributed by atoms with Crippen molar-refractivity contribution in [1.82, 2.24) is 14.9 Å². The van der Waals surface area contributed by atoms with Gasteiger partial charge in [-0.05, 0) is 26.4 Å². The van der Waals surface area contributed by atoms with Gasteiger partial charge in [-0.3, -0.25) is 4.98 Å². The van der Waals surface area contributed by atoms with Gasteiger partial charge in [0.05, 0.1) is 12.4 Å². The molecule has 2 heterocycles. The lowest BCUT2D eigenvalue weighted by atomic mass is 10.2. The van der Waals surface area contributed by atoms with Crippen LogP contribution in [0.2, 0.25) is 5.15 Å². The van der Waals surface area contributed by atoms with Crippen LogP contribution in [0.15, 0.2) is 12.4 Å². The molecule has 15 heavy (non-hydrogen) atoms. The Labute approximate surface area is 94.7 Å². The molecular weight excluding hydrogens is 212 g/mol. The molecule has 4 nitrogen and oxygen atoms in total. The molecule has 1 saturated heterocycles. The minimum atomic E-state index is 0.430. The summed E-state index contributed by atoms with van der Waals surface area (Å²) >= 11 is 5.74. The van der Waals surface area contributed by atoms with E-state index in [0.717, 1.165) is 12.4 Å². The molecule has 2 rings (SSSR count). The molecule has 1 aliphatic heterocycles. The van der Waals surface area contributed by atoms with Crippen molar-refractivity contribution in [3.8, 4) is 0 Å². The third-order valence-corrected chi connectivity index (χ3v) is 2.98. The fourth-order valence-electron chi connectivity index (χ4n) is 1.89. The highest BCUT2D eigenvalue weighted by atomic mass is 35.5. The summed E-state index contributed by atoms with van der Waals surface area (Å²) in [7, 11) is 2.16. The average Bonchev–Trinajstić information content (AvgIpc) is 2.61. The van der Waals surface area contributed by atoms with Gasteiger partial charge in [0.25, 0.3) is 0 Å². The van der Waals surface area contributed by atoms with Crippen molar-refractivity contribution >= 4 is 17.4 Å². The van der Waals surface area contributed by atoms with E-state index in [1.54, 1.807) is 6.20 Å². The van der Waals surface area contributed by atoms with Crippen molar-refractivity contribution in [3.05, 3.63) is 17.5 Å². The lowest BCUT2D eigenvalue weighted by Gasteiger charge is -2.19. The number of hydrogen-bond donors (Lipinski definition) is 1. The van der Waals surface area contributed by atoms with E-state index in [2.05, 4.69) is 27.2 Å². The molecular formula is C10H15ClN4. The van der Waals surface area contributed by atoms with E-state index in [0.29, 0.717) is 11.2 Å². The number of rotatable bonds is 3. The van der Waals surface area contributed by atoms with Gasteiger partial charge in [0, 0.05) is 12.6 Å². The Morgan fingerprint density at radius 1 is 1.60 bits per heavy atom. The Morgan fingerprint density at radius 2 is 2.47 bits per heavy atom. The number of likely N-dealkylation sites (N-methyl/N-ethyl adjacent to an activating group) is 1. The molecule has 5 heteroatoms. The first-order chi connectivity index (χ1) is 7.25. The van der Waals surface area contributed by atoms with E-state index < -0.39 is 0 Å². The van der Waals surface area contributed by atoms with Gasteiger partial charge in [0.1, 0.15) is 11.0 Å². The molecule has 0 bridgehead atoms. The van der Waals surface area contributed by atoms with Gasteiger partial charge in [0.15, 0.2) is 0 Å². The van der Waals surface area contributed by atoms with E-state index in [1.165, 1.54) is 25.6 Å². The maximum Gasteiger partial charge on any atom is 0.149 e. The van der Waals surface area contributed by atoms with E-state index in [-0.39, 0.29) is 0 Å². The molecule has 1 fully saturated rings. The quantitative estimate of drug-likeness (QED) is 0.851. The van der Waals surface area contributed by atoms with Crippen molar-refractivity contribution < 1.29 is 0 Å².